The maximum atomic E-state index is 13.1. The first-order chi connectivity index (χ1) is 12.5. The molecule has 1 aliphatic rings. The van der Waals surface area contributed by atoms with E-state index in [4.69, 9.17) is 21.1 Å². The molecule has 0 spiro atoms. The number of anilines is 1. The van der Waals surface area contributed by atoms with Crippen LogP contribution >= 0.6 is 11.6 Å². The first kappa shape index (κ1) is 18.0. The van der Waals surface area contributed by atoms with Crippen molar-refractivity contribution in [3.8, 4) is 11.5 Å². The van der Waals surface area contributed by atoms with Gasteiger partial charge in [-0.3, -0.25) is 9.59 Å². The summed E-state index contributed by atoms with van der Waals surface area (Å²) in [5.74, 6) is -0.188. The number of ether oxygens (including phenoxy) is 2. The molecule has 2 aromatic carbocycles. The molecule has 0 aromatic heterocycles. The van der Waals surface area contributed by atoms with E-state index in [9.17, 15) is 9.59 Å². The van der Waals surface area contributed by atoms with Gasteiger partial charge in [-0.1, -0.05) is 41.9 Å². The predicted octanol–water partition coefficient (Wildman–Crippen LogP) is 4.01. The highest BCUT2D eigenvalue weighted by Gasteiger charge is 2.41. The number of carbonyl (C=O) groups is 2. The molecule has 0 atom stereocenters. The van der Waals surface area contributed by atoms with E-state index in [1.165, 1.54) is 7.11 Å². The minimum Gasteiger partial charge on any atom is -0.496 e. The summed E-state index contributed by atoms with van der Waals surface area (Å²) in [6, 6.07) is 13.8. The van der Waals surface area contributed by atoms with Crippen LogP contribution in [0.15, 0.2) is 53.6 Å². The van der Waals surface area contributed by atoms with Crippen molar-refractivity contribution in [3.05, 3.63) is 59.1 Å². The third kappa shape index (κ3) is 3.06. The van der Waals surface area contributed by atoms with Gasteiger partial charge in [-0.15, -0.1) is 0 Å². The molecular formula is C20H18ClNO4. The molecular weight excluding hydrogens is 354 g/mol. The lowest BCUT2D eigenvalue weighted by Gasteiger charge is -2.20. The van der Waals surface area contributed by atoms with Gasteiger partial charge in [0.05, 0.1) is 24.5 Å². The molecule has 2 aromatic rings. The molecule has 6 heteroatoms. The summed E-state index contributed by atoms with van der Waals surface area (Å²) >= 11 is 6.26. The molecule has 0 unspecified atom stereocenters. The molecule has 0 radical (unpaired) electrons. The zero-order valence-electron chi connectivity index (χ0n) is 14.7. The number of amides is 2. The summed E-state index contributed by atoms with van der Waals surface area (Å²) < 4.78 is 11.1. The van der Waals surface area contributed by atoms with Crippen LogP contribution in [0.3, 0.4) is 0 Å². The van der Waals surface area contributed by atoms with E-state index >= 15 is 0 Å². The van der Waals surface area contributed by atoms with Crippen LogP contribution in [0.5, 0.6) is 11.5 Å². The predicted molar refractivity (Wildman–Crippen MR) is 100 cm³/mol. The van der Waals surface area contributed by atoms with E-state index in [-0.39, 0.29) is 16.7 Å². The van der Waals surface area contributed by atoms with Gasteiger partial charge in [0.25, 0.3) is 11.8 Å². The summed E-state index contributed by atoms with van der Waals surface area (Å²) in [5, 5.41) is -0.140. The van der Waals surface area contributed by atoms with Crippen molar-refractivity contribution in [3.63, 3.8) is 0 Å². The number of methoxy groups -OCH3 is 1. The number of carbonyl (C=O) groups excluding carboxylic acids is 2. The molecule has 0 aliphatic carbocycles. The second-order valence-electron chi connectivity index (χ2n) is 5.97. The maximum Gasteiger partial charge on any atom is 0.277 e. The van der Waals surface area contributed by atoms with E-state index in [1.54, 1.807) is 48.5 Å². The van der Waals surface area contributed by atoms with E-state index < -0.39 is 11.8 Å². The van der Waals surface area contributed by atoms with Crippen molar-refractivity contribution >= 4 is 34.7 Å². The van der Waals surface area contributed by atoms with Crippen LogP contribution in [0, 0.1) is 0 Å². The number of nitrogens with zero attached hydrogens (tertiary/aromatic N) is 1. The Balaban J connectivity index is 2.08. The van der Waals surface area contributed by atoms with Gasteiger partial charge < -0.3 is 9.47 Å². The number of imide groups is 1. The first-order valence-corrected chi connectivity index (χ1v) is 8.51. The average molecular weight is 372 g/mol. The molecule has 134 valence electrons. The van der Waals surface area contributed by atoms with Crippen molar-refractivity contribution in [1.29, 1.82) is 0 Å². The fourth-order valence-electron chi connectivity index (χ4n) is 2.80. The monoisotopic (exact) mass is 371 g/mol. The molecule has 0 saturated heterocycles. The van der Waals surface area contributed by atoms with Gasteiger partial charge in [-0.2, -0.15) is 0 Å². The Kier molecular flexibility index (Phi) is 5.00. The van der Waals surface area contributed by atoms with Gasteiger partial charge in [-0.05, 0) is 32.0 Å². The van der Waals surface area contributed by atoms with Gasteiger partial charge in [0, 0.05) is 5.56 Å². The molecule has 0 saturated carbocycles. The zero-order chi connectivity index (χ0) is 18.8. The summed E-state index contributed by atoms with van der Waals surface area (Å²) in [5.41, 5.74) is 0.954. The highest BCUT2D eigenvalue weighted by Crippen LogP contribution is 2.41. The van der Waals surface area contributed by atoms with Gasteiger partial charge >= 0.3 is 0 Å². The normalized spacial score (nSPS) is 14.4. The Labute approximate surface area is 156 Å². The Morgan fingerprint density at radius 3 is 2.19 bits per heavy atom. The quantitative estimate of drug-likeness (QED) is 0.745. The van der Waals surface area contributed by atoms with Gasteiger partial charge in [0.1, 0.15) is 16.5 Å². The zero-order valence-corrected chi connectivity index (χ0v) is 15.4. The van der Waals surface area contributed by atoms with Crippen molar-refractivity contribution in [2.24, 2.45) is 0 Å². The molecule has 0 bridgehead atoms. The third-order valence-corrected chi connectivity index (χ3v) is 4.22. The van der Waals surface area contributed by atoms with Crippen LogP contribution in [0.25, 0.3) is 5.57 Å². The smallest absolute Gasteiger partial charge is 0.277 e. The van der Waals surface area contributed by atoms with Crippen LogP contribution in [-0.4, -0.2) is 25.0 Å². The molecule has 5 nitrogen and oxygen atoms in total. The Morgan fingerprint density at radius 1 is 0.923 bits per heavy atom. The summed E-state index contributed by atoms with van der Waals surface area (Å²) in [6.07, 6.45) is -0.110. The first-order valence-electron chi connectivity index (χ1n) is 8.13. The Bertz CT molecular complexity index is 904. The van der Waals surface area contributed by atoms with Crippen molar-refractivity contribution in [2.45, 2.75) is 20.0 Å². The number of hydrogen-bond donors (Lipinski definition) is 0. The molecule has 0 N–H and O–H groups in total. The molecule has 0 fully saturated rings. The minimum atomic E-state index is -0.586. The van der Waals surface area contributed by atoms with Gasteiger partial charge in [0.2, 0.25) is 0 Å². The lowest BCUT2D eigenvalue weighted by atomic mass is 10.0. The summed E-state index contributed by atoms with van der Waals surface area (Å²) in [7, 11) is 1.50. The Morgan fingerprint density at radius 2 is 1.54 bits per heavy atom. The standard InChI is InChI=1S/C20H18ClNO4/c1-12(2)26-16-11-7-5-9-14(16)22-19(23)17(18(21)20(22)24)13-8-4-6-10-15(13)25-3/h4-12H,1-3H3. The topological polar surface area (TPSA) is 55.8 Å². The minimum absolute atomic E-state index is 0.110. The second kappa shape index (κ2) is 7.22. The molecule has 3 rings (SSSR count). The SMILES string of the molecule is COc1ccccc1C1=C(Cl)C(=O)N(c2ccccc2OC(C)C)C1=O. The highest BCUT2D eigenvalue weighted by atomic mass is 35.5. The third-order valence-electron chi connectivity index (χ3n) is 3.87. The van der Waals surface area contributed by atoms with Gasteiger partial charge in [-0.25, -0.2) is 4.90 Å². The lowest BCUT2D eigenvalue weighted by Crippen LogP contribution is -2.31. The number of hydrogen-bond acceptors (Lipinski definition) is 4. The van der Waals surface area contributed by atoms with Crippen molar-refractivity contribution in [1.82, 2.24) is 0 Å². The van der Waals surface area contributed by atoms with Crippen molar-refractivity contribution < 1.29 is 19.1 Å². The fraction of sp³-hybridized carbons (Fsp3) is 0.200. The van der Waals surface area contributed by atoms with Crippen LogP contribution in [0.1, 0.15) is 19.4 Å². The molecule has 1 heterocycles. The lowest BCUT2D eigenvalue weighted by molar-refractivity contribution is -0.119. The number of halogens is 1. The van der Waals surface area contributed by atoms with Crippen LogP contribution in [0.4, 0.5) is 5.69 Å². The van der Waals surface area contributed by atoms with Crippen LogP contribution < -0.4 is 14.4 Å². The van der Waals surface area contributed by atoms with Crippen molar-refractivity contribution in [2.75, 3.05) is 12.0 Å². The molecule has 2 amide bonds. The second-order valence-corrected chi connectivity index (χ2v) is 6.35. The van der Waals surface area contributed by atoms with E-state index in [0.717, 1.165) is 4.90 Å². The number of rotatable bonds is 5. The average Bonchev–Trinajstić information content (AvgIpc) is 2.84. The number of benzene rings is 2. The number of para-hydroxylation sites is 3. The van der Waals surface area contributed by atoms with E-state index in [2.05, 4.69) is 0 Å². The Hall–Kier alpha value is -2.79. The summed E-state index contributed by atoms with van der Waals surface area (Å²) in [6.45, 7) is 3.74. The van der Waals surface area contributed by atoms with E-state index in [0.29, 0.717) is 22.7 Å². The maximum absolute atomic E-state index is 13.1. The van der Waals surface area contributed by atoms with Crippen LogP contribution in [0.2, 0.25) is 0 Å². The van der Waals surface area contributed by atoms with Gasteiger partial charge in [0.15, 0.2) is 0 Å². The van der Waals surface area contributed by atoms with E-state index in [1.807, 2.05) is 13.8 Å². The largest absolute Gasteiger partial charge is 0.496 e. The van der Waals surface area contributed by atoms with Crippen LogP contribution in [-0.2, 0) is 9.59 Å². The molecule has 26 heavy (non-hydrogen) atoms. The summed E-state index contributed by atoms with van der Waals surface area (Å²) in [4.78, 5) is 26.9. The molecule has 1 aliphatic heterocycles. The highest BCUT2D eigenvalue weighted by molar-refractivity contribution is 6.60. The fourth-order valence-corrected chi connectivity index (χ4v) is 3.07.